The SMILES string of the molecule is CCOC(=O)c1ccc(Oc2ccc(CC)cc2)c(F)c1. The summed E-state index contributed by atoms with van der Waals surface area (Å²) >= 11 is 0. The molecule has 3 nitrogen and oxygen atoms in total. The van der Waals surface area contributed by atoms with Gasteiger partial charge >= 0.3 is 5.97 Å². The number of ether oxygens (including phenoxy) is 2. The van der Waals surface area contributed by atoms with E-state index in [4.69, 9.17) is 9.47 Å². The van der Waals surface area contributed by atoms with E-state index in [1.807, 2.05) is 12.1 Å². The molecule has 0 radical (unpaired) electrons. The molecule has 2 rings (SSSR count). The van der Waals surface area contributed by atoms with E-state index in [2.05, 4.69) is 6.92 Å². The highest BCUT2D eigenvalue weighted by Crippen LogP contribution is 2.25. The van der Waals surface area contributed by atoms with Gasteiger partial charge in [0.2, 0.25) is 0 Å². The Bertz CT molecular complexity index is 620. The third-order valence-corrected chi connectivity index (χ3v) is 3.00. The van der Waals surface area contributed by atoms with E-state index in [9.17, 15) is 9.18 Å². The van der Waals surface area contributed by atoms with Crippen LogP contribution in [-0.2, 0) is 11.2 Å². The Balaban J connectivity index is 2.15. The summed E-state index contributed by atoms with van der Waals surface area (Å²) in [7, 11) is 0. The predicted molar refractivity (Wildman–Crippen MR) is 78.3 cm³/mol. The topological polar surface area (TPSA) is 35.5 Å². The molecule has 2 aromatic carbocycles. The number of carbonyl (C=O) groups excluding carboxylic acids is 1. The van der Waals surface area contributed by atoms with Crippen molar-refractivity contribution >= 4 is 5.97 Å². The van der Waals surface area contributed by atoms with Gasteiger partial charge in [0.25, 0.3) is 0 Å². The van der Waals surface area contributed by atoms with Crippen molar-refractivity contribution < 1.29 is 18.7 Å². The Morgan fingerprint density at radius 1 is 1.10 bits per heavy atom. The zero-order valence-corrected chi connectivity index (χ0v) is 12.1. The minimum Gasteiger partial charge on any atom is -0.462 e. The molecular formula is C17H17FO3. The minimum absolute atomic E-state index is 0.0762. The van der Waals surface area contributed by atoms with Gasteiger partial charge in [0, 0.05) is 0 Å². The van der Waals surface area contributed by atoms with Crippen LogP contribution in [0.2, 0.25) is 0 Å². The number of hydrogen-bond acceptors (Lipinski definition) is 3. The smallest absolute Gasteiger partial charge is 0.338 e. The van der Waals surface area contributed by atoms with Crippen LogP contribution in [0.25, 0.3) is 0 Å². The molecule has 0 unspecified atom stereocenters. The average molecular weight is 288 g/mol. The quantitative estimate of drug-likeness (QED) is 0.767. The van der Waals surface area contributed by atoms with Crippen molar-refractivity contribution in [3.8, 4) is 11.5 Å². The summed E-state index contributed by atoms with van der Waals surface area (Å²) in [6, 6.07) is 11.5. The molecule has 0 aromatic heterocycles. The van der Waals surface area contributed by atoms with E-state index in [1.165, 1.54) is 17.7 Å². The second-order valence-corrected chi connectivity index (χ2v) is 4.47. The Labute approximate surface area is 123 Å². The first-order chi connectivity index (χ1) is 10.1. The van der Waals surface area contributed by atoms with E-state index in [0.29, 0.717) is 5.75 Å². The molecule has 0 atom stereocenters. The van der Waals surface area contributed by atoms with E-state index in [-0.39, 0.29) is 17.9 Å². The second-order valence-electron chi connectivity index (χ2n) is 4.47. The highest BCUT2D eigenvalue weighted by atomic mass is 19.1. The zero-order chi connectivity index (χ0) is 15.2. The fourth-order valence-corrected chi connectivity index (χ4v) is 1.85. The van der Waals surface area contributed by atoms with Crippen LogP contribution in [0, 0.1) is 5.82 Å². The predicted octanol–water partition coefficient (Wildman–Crippen LogP) is 4.36. The number of hydrogen-bond donors (Lipinski definition) is 0. The second kappa shape index (κ2) is 6.88. The van der Waals surface area contributed by atoms with Crippen molar-refractivity contribution in [2.45, 2.75) is 20.3 Å². The number of aryl methyl sites for hydroxylation is 1. The number of esters is 1. The summed E-state index contributed by atoms with van der Waals surface area (Å²) in [5, 5.41) is 0. The fraction of sp³-hybridized carbons (Fsp3) is 0.235. The first kappa shape index (κ1) is 15.0. The molecule has 0 amide bonds. The summed E-state index contributed by atoms with van der Waals surface area (Å²) in [4.78, 5) is 11.5. The molecule has 0 bridgehead atoms. The third-order valence-electron chi connectivity index (χ3n) is 3.00. The van der Waals surface area contributed by atoms with Crippen LogP contribution < -0.4 is 4.74 Å². The van der Waals surface area contributed by atoms with Crippen LogP contribution in [-0.4, -0.2) is 12.6 Å². The molecule has 0 aliphatic carbocycles. The summed E-state index contributed by atoms with van der Waals surface area (Å²) in [6.45, 7) is 4.01. The van der Waals surface area contributed by atoms with Crippen LogP contribution in [0.15, 0.2) is 42.5 Å². The molecule has 4 heteroatoms. The maximum atomic E-state index is 13.9. The molecule has 0 N–H and O–H groups in total. The zero-order valence-electron chi connectivity index (χ0n) is 12.1. The molecule has 0 heterocycles. The summed E-state index contributed by atoms with van der Waals surface area (Å²) in [5.41, 5.74) is 1.35. The molecule has 0 saturated carbocycles. The summed E-state index contributed by atoms with van der Waals surface area (Å²) in [5.74, 6) is -0.516. The van der Waals surface area contributed by atoms with Crippen molar-refractivity contribution in [2.75, 3.05) is 6.61 Å². The normalized spacial score (nSPS) is 10.2. The maximum Gasteiger partial charge on any atom is 0.338 e. The Kier molecular flexibility index (Phi) is 4.93. The number of halogens is 1. The standard InChI is InChI=1S/C17H17FO3/c1-3-12-5-8-14(9-6-12)21-16-10-7-13(11-15(16)18)17(19)20-4-2/h5-11H,3-4H2,1-2H3. The van der Waals surface area contributed by atoms with Crippen molar-refractivity contribution in [1.29, 1.82) is 0 Å². The lowest BCUT2D eigenvalue weighted by Gasteiger charge is -2.08. The van der Waals surface area contributed by atoms with Gasteiger partial charge in [-0.1, -0.05) is 19.1 Å². The monoisotopic (exact) mass is 288 g/mol. The first-order valence-electron chi connectivity index (χ1n) is 6.87. The van der Waals surface area contributed by atoms with Crippen LogP contribution in [0.4, 0.5) is 4.39 Å². The number of rotatable bonds is 5. The lowest BCUT2D eigenvalue weighted by Crippen LogP contribution is -2.05. The lowest BCUT2D eigenvalue weighted by atomic mass is 10.2. The molecule has 2 aromatic rings. The van der Waals surface area contributed by atoms with Gasteiger partial charge in [-0.25, -0.2) is 9.18 Å². The minimum atomic E-state index is -0.597. The molecule has 0 aliphatic heterocycles. The van der Waals surface area contributed by atoms with E-state index < -0.39 is 11.8 Å². The van der Waals surface area contributed by atoms with Gasteiger partial charge in [0.15, 0.2) is 11.6 Å². The molecule has 21 heavy (non-hydrogen) atoms. The molecule has 0 fully saturated rings. The lowest BCUT2D eigenvalue weighted by molar-refractivity contribution is 0.0526. The van der Waals surface area contributed by atoms with Crippen LogP contribution >= 0.6 is 0 Å². The van der Waals surface area contributed by atoms with Crippen LogP contribution in [0.3, 0.4) is 0 Å². The molecule has 0 aliphatic rings. The summed E-state index contributed by atoms with van der Waals surface area (Å²) in [6.07, 6.45) is 0.933. The average Bonchev–Trinajstić information content (AvgIpc) is 2.50. The fourth-order valence-electron chi connectivity index (χ4n) is 1.85. The van der Waals surface area contributed by atoms with E-state index >= 15 is 0 Å². The highest BCUT2D eigenvalue weighted by molar-refractivity contribution is 5.89. The van der Waals surface area contributed by atoms with Gasteiger partial charge in [-0.15, -0.1) is 0 Å². The van der Waals surface area contributed by atoms with Crippen molar-refractivity contribution in [2.24, 2.45) is 0 Å². The van der Waals surface area contributed by atoms with Gasteiger partial charge in [-0.2, -0.15) is 0 Å². The number of carbonyl (C=O) groups is 1. The Morgan fingerprint density at radius 3 is 2.38 bits per heavy atom. The molecular weight excluding hydrogens is 271 g/mol. The van der Waals surface area contributed by atoms with E-state index in [0.717, 1.165) is 12.5 Å². The molecule has 0 saturated heterocycles. The van der Waals surface area contributed by atoms with Crippen LogP contribution in [0.1, 0.15) is 29.8 Å². The van der Waals surface area contributed by atoms with Crippen molar-refractivity contribution in [3.05, 3.63) is 59.4 Å². The third kappa shape index (κ3) is 3.81. The number of benzene rings is 2. The van der Waals surface area contributed by atoms with Gasteiger partial charge < -0.3 is 9.47 Å². The van der Waals surface area contributed by atoms with E-state index in [1.54, 1.807) is 19.1 Å². The van der Waals surface area contributed by atoms with Gasteiger partial charge in [0.05, 0.1) is 12.2 Å². The highest BCUT2D eigenvalue weighted by Gasteiger charge is 2.11. The maximum absolute atomic E-state index is 13.9. The van der Waals surface area contributed by atoms with Gasteiger partial charge in [0.1, 0.15) is 5.75 Å². The summed E-state index contributed by atoms with van der Waals surface area (Å²) < 4.78 is 24.2. The largest absolute Gasteiger partial charge is 0.462 e. The molecule has 0 spiro atoms. The first-order valence-corrected chi connectivity index (χ1v) is 6.87. The van der Waals surface area contributed by atoms with Crippen molar-refractivity contribution in [1.82, 2.24) is 0 Å². The molecule has 110 valence electrons. The van der Waals surface area contributed by atoms with Crippen LogP contribution in [0.5, 0.6) is 11.5 Å². The van der Waals surface area contributed by atoms with Gasteiger partial charge in [-0.3, -0.25) is 0 Å². The van der Waals surface area contributed by atoms with Crippen molar-refractivity contribution in [3.63, 3.8) is 0 Å². The Morgan fingerprint density at radius 2 is 1.81 bits per heavy atom. The Hall–Kier alpha value is -2.36. The van der Waals surface area contributed by atoms with Gasteiger partial charge in [-0.05, 0) is 49.2 Å².